The Kier molecular flexibility index (Phi) is 4.62. The van der Waals surface area contributed by atoms with Gasteiger partial charge in [-0.05, 0) is 58.2 Å². The number of hydrogen-bond donors (Lipinski definition) is 1. The summed E-state index contributed by atoms with van der Waals surface area (Å²) in [5.41, 5.74) is 2.91. The van der Waals surface area contributed by atoms with E-state index in [0.29, 0.717) is 6.04 Å². The van der Waals surface area contributed by atoms with Crippen LogP contribution >= 0.6 is 0 Å². The van der Waals surface area contributed by atoms with Gasteiger partial charge in [-0.25, -0.2) is 0 Å². The Morgan fingerprint density at radius 3 is 3.00 bits per heavy atom. The van der Waals surface area contributed by atoms with Gasteiger partial charge in [-0.2, -0.15) is 0 Å². The van der Waals surface area contributed by atoms with Gasteiger partial charge >= 0.3 is 0 Å². The van der Waals surface area contributed by atoms with Crippen molar-refractivity contribution in [3.8, 4) is 5.75 Å². The number of anilines is 1. The van der Waals surface area contributed by atoms with Crippen molar-refractivity contribution in [3.63, 3.8) is 0 Å². The van der Waals surface area contributed by atoms with Crippen LogP contribution in [-0.2, 0) is 6.42 Å². The minimum absolute atomic E-state index is 0.271. The fourth-order valence-corrected chi connectivity index (χ4v) is 3.78. The number of piperidine rings is 1. The molecule has 3 heteroatoms. The molecule has 2 heterocycles. The molecular formula is C19H30N2O. The van der Waals surface area contributed by atoms with Gasteiger partial charge in [-0.3, -0.25) is 0 Å². The zero-order valence-electron chi connectivity index (χ0n) is 14.3. The van der Waals surface area contributed by atoms with Gasteiger partial charge in [0, 0.05) is 35.8 Å². The second-order valence-electron chi connectivity index (χ2n) is 7.58. The molecule has 1 aromatic rings. The molecule has 1 N–H and O–H groups in total. The van der Waals surface area contributed by atoms with E-state index in [2.05, 4.69) is 49.2 Å². The van der Waals surface area contributed by atoms with E-state index in [1.165, 1.54) is 37.1 Å². The number of nitrogens with one attached hydrogen (secondary N) is 1. The molecule has 1 aromatic carbocycles. The summed E-state index contributed by atoms with van der Waals surface area (Å²) in [6, 6.07) is 7.05. The smallest absolute Gasteiger partial charge is 0.124 e. The summed E-state index contributed by atoms with van der Waals surface area (Å²) in [7, 11) is 0. The Bertz CT molecular complexity index is 514. The van der Waals surface area contributed by atoms with Crippen molar-refractivity contribution >= 4 is 5.69 Å². The highest BCUT2D eigenvalue weighted by Crippen LogP contribution is 2.34. The van der Waals surface area contributed by atoms with Gasteiger partial charge in [0.05, 0.1) is 6.61 Å². The summed E-state index contributed by atoms with van der Waals surface area (Å²) in [6.07, 6.45) is 4.88. The predicted octanol–water partition coefficient (Wildman–Crippen LogP) is 3.93. The Labute approximate surface area is 135 Å². The Hall–Kier alpha value is -1.22. The summed E-state index contributed by atoms with van der Waals surface area (Å²) >= 11 is 0. The Balaban J connectivity index is 1.67. The summed E-state index contributed by atoms with van der Waals surface area (Å²) < 4.78 is 6.31. The number of rotatable bonds is 4. The summed E-state index contributed by atoms with van der Waals surface area (Å²) in [4.78, 5) is 2.59. The molecule has 0 amide bonds. The van der Waals surface area contributed by atoms with Gasteiger partial charge in [-0.1, -0.05) is 13.0 Å². The molecule has 1 atom stereocenters. The van der Waals surface area contributed by atoms with E-state index in [9.17, 15) is 0 Å². The lowest BCUT2D eigenvalue weighted by atomic mass is 9.82. The molecule has 0 saturated carbocycles. The maximum atomic E-state index is 6.31. The SMILES string of the molecule is CC(C)N1CCCC(C)(COc2cccc3c2CCCN3)C1. The molecular weight excluding hydrogens is 272 g/mol. The lowest BCUT2D eigenvalue weighted by Crippen LogP contribution is -2.47. The molecule has 122 valence electrons. The number of likely N-dealkylation sites (tertiary alicyclic amines) is 1. The van der Waals surface area contributed by atoms with Gasteiger partial charge in [0.25, 0.3) is 0 Å². The van der Waals surface area contributed by atoms with E-state index in [1.807, 2.05) is 0 Å². The molecule has 0 bridgehead atoms. The lowest BCUT2D eigenvalue weighted by molar-refractivity contribution is 0.0402. The maximum absolute atomic E-state index is 6.31. The van der Waals surface area contributed by atoms with Crippen molar-refractivity contribution in [2.24, 2.45) is 5.41 Å². The Morgan fingerprint density at radius 2 is 2.18 bits per heavy atom. The van der Waals surface area contributed by atoms with Crippen LogP contribution in [0, 0.1) is 5.41 Å². The number of nitrogens with zero attached hydrogens (tertiary/aromatic N) is 1. The monoisotopic (exact) mass is 302 g/mol. The van der Waals surface area contributed by atoms with Crippen LogP contribution in [0.3, 0.4) is 0 Å². The zero-order chi connectivity index (χ0) is 15.6. The van der Waals surface area contributed by atoms with Crippen LogP contribution < -0.4 is 10.1 Å². The molecule has 1 saturated heterocycles. The number of benzene rings is 1. The van der Waals surface area contributed by atoms with Crippen molar-refractivity contribution in [2.45, 2.75) is 52.5 Å². The van der Waals surface area contributed by atoms with E-state index in [1.54, 1.807) is 0 Å². The van der Waals surface area contributed by atoms with Crippen LogP contribution in [0.1, 0.15) is 45.6 Å². The van der Waals surface area contributed by atoms with Crippen LogP contribution in [0.25, 0.3) is 0 Å². The zero-order valence-corrected chi connectivity index (χ0v) is 14.3. The van der Waals surface area contributed by atoms with Crippen molar-refractivity contribution in [2.75, 3.05) is 31.6 Å². The normalized spacial score (nSPS) is 25.6. The lowest BCUT2D eigenvalue weighted by Gasteiger charge is -2.42. The average molecular weight is 302 g/mol. The van der Waals surface area contributed by atoms with Gasteiger partial charge in [0.1, 0.15) is 5.75 Å². The average Bonchev–Trinajstić information content (AvgIpc) is 2.53. The second-order valence-corrected chi connectivity index (χ2v) is 7.58. The number of fused-ring (bicyclic) bond motifs is 1. The van der Waals surface area contributed by atoms with Crippen LogP contribution in [0.15, 0.2) is 18.2 Å². The van der Waals surface area contributed by atoms with Crippen molar-refractivity contribution < 1.29 is 4.74 Å². The molecule has 3 rings (SSSR count). The second kappa shape index (κ2) is 6.49. The third kappa shape index (κ3) is 3.40. The van der Waals surface area contributed by atoms with Crippen LogP contribution in [0.5, 0.6) is 5.75 Å². The van der Waals surface area contributed by atoms with Gasteiger partial charge in [0.15, 0.2) is 0 Å². The van der Waals surface area contributed by atoms with Gasteiger partial charge in [0.2, 0.25) is 0 Å². The third-order valence-electron chi connectivity index (χ3n) is 5.17. The summed E-state index contributed by atoms with van der Waals surface area (Å²) in [5, 5.41) is 3.48. The predicted molar refractivity (Wildman–Crippen MR) is 92.8 cm³/mol. The van der Waals surface area contributed by atoms with Gasteiger partial charge < -0.3 is 15.0 Å². The molecule has 1 fully saturated rings. The molecule has 22 heavy (non-hydrogen) atoms. The number of hydrogen-bond acceptors (Lipinski definition) is 3. The summed E-state index contributed by atoms with van der Waals surface area (Å²) in [6.45, 7) is 11.3. The fraction of sp³-hybridized carbons (Fsp3) is 0.684. The first-order chi connectivity index (χ1) is 10.6. The summed E-state index contributed by atoms with van der Waals surface area (Å²) in [5.74, 6) is 1.09. The first-order valence-electron chi connectivity index (χ1n) is 8.80. The van der Waals surface area contributed by atoms with Crippen LogP contribution in [0.2, 0.25) is 0 Å². The van der Waals surface area contributed by atoms with E-state index < -0.39 is 0 Å². The first-order valence-corrected chi connectivity index (χ1v) is 8.80. The van der Waals surface area contributed by atoms with E-state index in [4.69, 9.17) is 4.74 Å². The molecule has 3 nitrogen and oxygen atoms in total. The highest BCUT2D eigenvalue weighted by Gasteiger charge is 2.33. The van der Waals surface area contributed by atoms with Crippen LogP contribution in [0.4, 0.5) is 5.69 Å². The fourth-order valence-electron chi connectivity index (χ4n) is 3.78. The minimum atomic E-state index is 0.271. The maximum Gasteiger partial charge on any atom is 0.124 e. The highest BCUT2D eigenvalue weighted by atomic mass is 16.5. The molecule has 2 aliphatic rings. The molecule has 0 radical (unpaired) electrons. The first kappa shape index (κ1) is 15.7. The molecule has 0 aromatic heterocycles. The van der Waals surface area contributed by atoms with Crippen LogP contribution in [-0.4, -0.2) is 37.2 Å². The molecule has 2 aliphatic heterocycles. The standard InChI is InChI=1S/C19H30N2O/c1-15(2)21-12-6-10-19(3,13-21)14-22-18-9-4-8-17-16(18)7-5-11-20-17/h4,8-9,15,20H,5-7,10-14H2,1-3H3. The molecule has 0 spiro atoms. The van der Waals surface area contributed by atoms with Crippen molar-refractivity contribution in [1.29, 1.82) is 0 Å². The Morgan fingerprint density at radius 1 is 1.32 bits per heavy atom. The topological polar surface area (TPSA) is 24.5 Å². The van der Waals surface area contributed by atoms with E-state index >= 15 is 0 Å². The molecule has 1 unspecified atom stereocenters. The van der Waals surface area contributed by atoms with E-state index in [-0.39, 0.29) is 5.41 Å². The largest absolute Gasteiger partial charge is 0.493 e. The number of ether oxygens (including phenoxy) is 1. The highest BCUT2D eigenvalue weighted by molar-refractivity contribution is 5.59. The minimum Gasteiger partial charge on any atom is -0.493 e. The van der Waals surface area contributed by atoms with Crippen molar-refractivity contribution in [1.82, 2.24) is 4.90 Å². The van der Waals surface area contributed by atoms with E-state index in [0.717, 1.165) is 31.9 Å². The van der Waals surface area contributed by atoms with Gasteiger partial charge in [-0.15, -0.1) is 0 Å². The van der Waals surface area contributed by atoms with Crippen molar-refractivity contribution in [3.05, 3.63) is 23.8 Å². The quantitative estimate of drug-likeness (QED) is 0.912. The third-order valence-corrected chi connectivity index (χ3v) is 5.17. The molecule has 0 aliphatic carbocycles.